The van der Waals surface area contributed by atoms with Crippen molar-refractivity contribution < 1.29 is 9.53 Å². The van der Waals surface area contributed by atoms with Crippen LogP contribution in [0.15, 0.2) is 24.3 Å². The maximum absolute atomic E-state index is 12.4. The Kier molecular flexibility index (Phi) is 5.48. The van der Waals surface area contributed by atoms with E-state index < -0.39 is 0 Å². The number of ether oxygens (including phenoxy) is 1. The van der Waals surface area contributed by atoms with Gasteiger partial charge in [0.05, 0.1) is 19.7 Å². The van der Waals surface area contributed by atoms with Gasteiger partial charge in [-0.25, -0.2) is 0 Å². The second kappa shape index (κ2) is 7.42. The average Bonchev–Trinajstić information content (AvgIpc) is 2.52. The first-order valence-electron chi connectivity index (χ1n) is 8.77. The van der Waals surface area contributed by atoms with E-state index in [4.69, 9.17) is 16.3 Å². The molecule has 1 aromatic rings. The Balaban J connectivity index is 1.42. The zero-order valence-corrected chi connectivity index (χ0v) is 15.4. The number of carbonyl (C=O) groups excluding carboxylic acids is 1. The Bertz CT molecular complexity index is 574. The molecule has 5 heteroatoms. The standard InChI is InChI=1S/C19H27ClN2O2/c1-21(2)11-15-9-10-19(24-12-15)13-22(14-19)18(23)8-7-16-5-3-4-6-17(16)20/h3-6,15H,7-14H2,1-2H3/t15-/m1/s1. The fourth-order valence-electron chi connectivity index (χ4n) is 3.75. The van der Waals surface area contributed by atoms with Gasteiger partial charge in [-0.15, -0.1) is 0 Å². The summed E-state index contributed by atoms with van der Waals surface area (Å²) in [5, 5.41) is 0.743. The molecule has 1 atom stereocenters. The largest absolute Gasteiger partial charge is 0.371 e. The van der Waals surface area contributed by atoms with Crippen molar-refractivity contribution in [3.8, 4) is 0 Å². The van der Waals surface area contributed by atoms with Gasteiger partial charge in [0.15, 0.2) is 0 Å². The van der Waals surface area contributed by atoms with E-state index in [1.54, 1.807) is 0 Å². The molecule has 1 aromatic carbocycles. The molecular formula is C19H27ClN2O2. The molecule has 2 aliphatic heterocycles. The Labute approximate surface area is 149 Å². The summed E-state index contributed by atoms with van der Waals surface area (Å²) in [6.07, 6.45) is 3.48. The molecule has 0 aliphatic carbocycles. The predicted molar refractivity (Wildman–Crippen MR) is 96.3 cm³/mol. The number of carbonyl (C=O) groups is 1. The van der Waals surface area contributed by atoms with Crippen LogP contribution in [0.25, 0.3) is 0 Å². The average molecular weight is 351 g/mol. The topological polar surface area (TPSA) is 32.8 Å². The summed E-state index contributed by atoms with van der Waals surface area (Å²) in [6.45, 7) is 3.41. The lowest BCUT2D eigenvalue weighted by atomic mass is 9.82. The SMILES string of the molecule is CN(C)C[C@H]1CCC2(CN(C(=O)CCc3ccccc3Cl)C2)OC1. The molecule has 132 valence electrons. The number of rotatable bonds is 5. The lowest BCUT2D eigenvalue weighted by Gasteiger charge is -2.53. The third-order valence-electron chi connectivity index (χ3n) is 5.13. The van der Waals surface area contributed by atoms with Crippen LogP contribution < -0.4 is 0 Å². The maximum Gasteiger partial charge on any atom is 0.223 e. The normalized spacial score (nSPS) is 22.7. The van der Waals surface area contributed by atoms with Gasteiger partial charge < -0.3 is 14.5 Å². The number of likely N-dealkylation sites (tertiary alicyclic amines) is 1. The lowest BCUT2D eigenvalue weighted by Crippen LogP contribution is -2.66. The van der Waals surface area contributed by atoms with Crippen LogP contribution >= 0.6 is 11.6 Å². The Morgan fingerprint density at radius 2 is 2.12 bits per heavy atom. The van der Waals surface area contributed by atoms with Crippen LogP contribution in [-0.2, 0) is 16.0 Å². The molecule has 0 saturated carbocycles. The molecule has 2 fully saturated rings. The number of benzene rings is 1. The third-order valence-corrected chi connectivity index (χ3v) is 5.50. The molecule has 2 saturated heterocycles. The minimum Gasteiger partial charge on any atom is -0.371 e. The molecule has 1 amide bonds. The zero-order chi connectivity index (χ0) is 17.2. The van der Waals surface area contributed by atoms with Crippen LogP contribution in [0.2, 0.25) is 5.02 Å². The minimum atomic E-state index is -0.0666. The Hall–Kier alpha value is -1.10. The second-order valence-electron chi connectivity index (χ2n) is 7.50. The highest BCUT2D eigenvalue weighted by Crippen LogP contribution is 2.36. The first kappa shape index (κ1) is 17.7. The molecule has 4 nitrogen and oxygen atoms in total. The summed E-state index contributed by atoms with van der Waals surface area (Å²) in [4.78, 5) is 16.5. The van der Waals surface area contributed by atoms with Gasteiger partial charge >= 0.3 is 0 Å². The summed E-state index contributed by atoms with van der Waals surface area (Å²) in [6, 6.07) is 7.74. The fourth-order valence-corrected chi connectivity index (χ4v) is 3.98. The summed E-state index contributed by atoms with van der Waals surface area (Å²) < 4.78 is 6.14. The summed E-state index contributed by atoms with van der Waals surface area (Å²) in [7, 11) is 4.21. The molecule has 0 N–H and O–H groups in total. The van der Waals surface area contributed by atoms with Crippen LogP contribution in [0.1, 0.15) is 24.8 Å². The molecule has 1 spiro atoms. The minimum absolute atomic E-state index is 0.0666. The molecule has 3 rings (SSSR count). The van der Waals surface area contributed by atoms with Gasteiger partial charge in [-0.3, -0.25) is 4.79 Å². The van der Waals surface area contributed by atoms with E-state index >= 15 is 0 Å². The zero-order valence-electron chi connectivity index (χ0n) is 14.6. The summed E-state index contributed by atoms with van der Waals surface area (Å²) >= 11 is 6.15. The first-order chi connectivity index (χ1) is 11.5. The van der Waals surface area contributed by atoms with Crippen molar-refractivity contribution in [2.24, 2.45) is 5.92 Å². The number of nitrogens with zero attached hydrogens (tertiary/aromatic N) is 2. The van der Waals surface area contributed by atoms with Crippen molar-refractivity contribution >= 4 is 17.5 Å². The summed E-state index contributed by atoms with van der Waals surface area (Å²) in [5.41, 5.74) is 0.978. The molecule has 0 unspecified atom stereocenters. The summed E-state index contributed by atoms with van der Waals surface area (Å²) in [5.74, 6) is 0.829. The van der Waals surface area contributed by atoms with Crippen LogP contribution in [0.3, 0.4) is 0 Å². The van der Waals surface area contributed by atoms with Gasteiger partial charge in [0, 0.05) is 18.0 Å². The number of amides is 1. The number of hydrogen-bond donors (Lipinski definition) is 0. The first-order valence-corrected chi connectivity index (χ1v) is 9.15. The van der Waals surface area contributed by atoms with Crippen LogP contribution in [-0.4, -0.2) is 61.6 Å². The van der Waals surface area contributed by atoms with Crippen molar-refractivity contribution in [3.63, 3.8) is 0 Å². The van der Waals surface area contributed by atoms with Crippen LogP contribution in [0.4, 0.5) is 0 Å². The van der Waals surface area contributed by atoms with Gasteiger partial charge in [0.1, 0.15) is 5.60 Å². The van der Waals surface area contributed by atoms with E-state index in [1.165, 1.54) is 6.42 Å². The molecule has 0 bridgehead atoms. The van der Waals surface area contributed by atoms with Crippen molar-refractivity contribution in [2.45, 2.75) is 31.3 Å². The molecule has 2 aliphatic rings. The lowest BCUT2D eigenvalue weighted by molar-refractivity contribution is -0.189. The van der Waals surface area contributed by atoms with Crippen molar-refractivity contribution in [1.29, 1.82) is 0 Å². The van der Waals surface area contributed by atoms with Crippen LogP contribution in [0, 0.1) is 5.92 Å². The van der Waals surface area contributed by atoms with Gasteiger partial charge in [-0.1, -0.05) is 29.8 Å². The molecule has 0 aromatic heterocycles. The number of aryl methyl sites for hydroxylation is 1. The van der Waals surface area contributed by atoms with E-state index in [1.807, 2.05) is 29.2 Å². The van der Waals surface area contributed by atoms with Gasteiger partial charge in [-0.05, 0) is 50.9 Å². The second-order valence-corrected chi connectivity index (χ2v) is 7.91. The molecule has 24 heavy (non-hydrogen) atoms. The fraction of sp³-hybridized carbons (Fsp3) is 0.632. The number of hydrogen-bond acceptors (Lipinski definition) is 3. The van der Waals surface area contributed by atoms with Crippen molar-refractivity contribution in [1.82, 2.24) is 9.80 Å². The highest BCUT2D eigenvalue weighted by molar-refractivity contribution is 6.31. The highest BCUT2D eigenvalue weighted by atomic mass is 35.5. The van der Waals surface area contributed by atoms with E-state index in [0.717, 1.165) is 43.2 Å². The smallest absolute Gasteiger partial charge is 0.223 e. The van der Waals surface area contributed by atoms with E-state index in [9.17, 15) is 4.79 Å². The van der Waals surface area contributed by atoms with Crippen molar-refractivity contribution in [3.05, 3.63) is 34.9 Å². The molecular weight excluding hydrogens is 324 g/mol. The molecule has 0 radical (unpaired) electrons. The van der Waals surface area contributed by atoms with Crippen LogP contribution in [0.5, 0.6) is 0 Å². The highest BCUT2D eigenvalue weighted by Gasteiger charge is 2.48. The van der Waals surface area contributed by atoms with Gasteiger partial charge in [-0.2, -0.15) is 0 Å². The Morgan fingerprint density at radius 1 is 1.38 bits per heavy atom. The number of halogens is 1. The van der Waals surface area contributed by atoms with E-state index in [-0.39, 0.29) is 11.5 Å². The third kappa shape index (κ3) is 4.11. The maximum atomic E-state index is 12.4. The molecule has 2 heterocycles. The van der Waals surface area contributed by atoms with E-state index in [0.29, 0.717) is 18.8 Å². The Morgan fingerprint density at radius 3 is 2.75 bits per heavy atom. The van der Waals surface area contributed by atoms with E-state index in [2.05, 4.69) is 19.0 Å². The quantitative estimate of drug-likeness (QED) is 0.818. The van der Waals surface area contributed by atoms with Crippen molar-refractivity contribution in [2.75, 3.05) is 40.3 Å². The van der Waals surface area contributed by atoms with Gasteiger partial charge in [0.25, 0.3) is 0 Å². The predicted octanol–water partition coefficient (Wildman–Crippen LogP) is 2.84. The van der Waals surface area contributed by atoms with Gasteiger partial charge in [0.2, 0.25) is 5.91 Å². The monoisotopic (exact) mass is 350 g/mol.